The molecule has 204 valence electrons. The van der Waals surface area contributed by atoms with Crippen LogP contribution < -0.4 is 10.6 Å². The van der Waals surface area contributed by atoms with Crippen LogP contribution in [0.3, 0.4) is 0 Å². The summed E-state index contributed by atoms with van der Waals surface area (Å²) in [7, 11) is 0. The van der Waals surface area contributed by atoms with Gasteiger partial charge in [-0.3, -0.25) is 5.32 Å². The van der Waals surface area contributed by atoms with Gasteiger partial charge in [-0.2, -0.15) is 13.2 Å². The third kappa shape index (κ3) is 4.78. The number of hydrogen-bond acceptors (Lipinski definition) is 3. The summed E-state index contributed by atoms with van der Waals surface area (Å²) in [5.74, 6) is -2.27. The predicted molar refractivity (Wildman–Crippen MR) is 140 cm³/mol. The standard InChI is InChI=1S/C28H23ClF5N3O2/c1-13-21-20(12-18(30)22(23(21)31)16-6-4-5-14-9-10-35-24(14)16)37-27(2,3)25(13)39-26(38)36-19-8-7-15(11-17(19)29)28(32,33)34/h4-13,25,35,37H,1-3H3,(H,36,38)/t13-,25+/m1/s1. The molecule has 5 nitrogen and oxygen atoms in total. The van der Waals surface area contributed by atoms with Crippen molar-refractivity contribution in [2.24, 2.45) is 0 Å². The number of aromatic nitrogens is 1. The number of amides is 1. The van der Waals surface area contributed by atoms with Gasteiger partial charge in [0.05, 0.1) is 32.9 Å². The molecule has 4 aromatic rings. The van der Waals surface area contributed by atoms with Gasteiger partial charge in [0.1, 0.15) is 17.7 Å². The monoisotopic (exact) mass is 563 g/mol. The maximum absolute atomic E-state index is 16.1. The number of carbonyl (C=O) groups is 1. The Hall–Kier alpha value is -3.79. The van der Waals surface area contributed by atoms with E-state index in [-0.39, 0.29) is 27.5 Å². The molecule has 0 radical (unpaired) electrons. The first-order valence-electron chi connectivity index (χ1n) is 12.0. The number of rotatable bonds is 3. The lowest BCUT2D eigenvalue weighted by Gasteiger charge is -2.44. The van der Waals surface area contributed by atoms with Gasteiger partial charge in [-0.05, 0) is 49.6 Å². The molecule has 0 fully saturated rings. The maximum Gasteiger partial charge on any atom is 0.416 e. The number of aromatic amines is 1. The molecule has 5 rings (SSSR count). The largest absolute Gasteiger partial charge is 0.443 e. The second-order valence-electron chi connectivity index (χ2n) is 10.0. The van der Waals surface area contributed by atoms with Crippen LogP contribution >= 0.6 is 11.6 Å². The van der Waals surface area contributed by atoms with E-state index in [9.17, 15) is 18.0 Å². The van der Waals surface area contributed by atoms with Crippen LogP contribution in [0.25, 0.3) is 22.0 Å². The smallest absolute Gasteiger partial charge is 0.416 e. The van der Waals surface area contributed by atoms with E-state index >= 15 is 8.78 Å². The molecule has 1 amide bonds. The Labute approximate surface area is 225 Å². The van der Waals surface area contributed by atoms with E-state index in [0.29, 0.717) is 17.1 Å². The average molecular weight is 564 g/mol. The average Bonchev–Trinajstić information content (AvgIpc) is 3.31. The zero-order valence-electron chi connectivity index (χ0n) is 20.9. The molecule has 39 heavy (non-hydrogen) atoms. The SMILES string of the molecule is C[C@@H]1c2c(cc(F)c(-c3cccc4cc[nH]c34)c2F)NC(C)(C)[C@H]1OC(=O)Nc1ccc(C(F)(F)F)cc1Cl. The van der Waals surface area contributed by atoms with Crippen molar-refractivity contribution in [2.45, 2.75) is 44.5 Å². The zero-order chi connectivity index (χ0) is 28.3. The molecular weight excluding hydrogens is 541 g/mol. The zero-order valence-corrected chi connectivity index (χ0v) is 21.7. The van der Waals surface area contributed by atoms with Crippen molar-refractivity contribution in [1.82, 2.24) is 4.98 Å². The minimum atomic E-state index is -4.60. The number of benzene rings is 3. The first-order valence-corrected chi connectivity index (χ1v) is 12.4. The third-order valence-corrected chi connectivity index (χ3v) is 7.27. The lowest BCUT2D eigenvalue weighted by atomic mass is 9.77. The number of fused-ring (bicyclic) bond motifs is 2. The molecule has 11 heteroatoms. The molecule has 0 unspecified atom stereocenters. The Bertz CT molecular complexity index is 1600. The van der Waals surface area contributed by atoms with Crippen molar-refractivity contribution in [2.75, 3.05) is 10.6 Å². The van der Waals surface area contributed by atoms with Gasteiger partial charge in [0.2, 0.25) is 0 Å². The van der Waals surface area contributed by atoms with Gasteiger partial charge >= 0.3 is 12.3 Å². The number of H-pyrrole nitrogens is 1. The van der Waals surface area contributed by atoms with E-state index in [4.69, 9.17) is 16.3 Å². The molecule has 0 saturated carbocycles. The normalized spacial score (nSPS) is 18.4. The van der Waals surface area contributed by atoms with Gasteiger partial charge in [-0.15, -0.1) is 0 Å². The summed E-state index contributed by atoms with van der Waals surface area (Å²) in [5.41, 5.74) is -0.938. The summed E-state index contributed by atoms with van der Waals surface area (Å²) in [6.07, 6.45) is -4.86. The van der Waals surface area contributed by atoms with Crippen molar-refractivity contribution < 1.29 is 31.5 Å². The molecule has 2 atom stereocenters. The summed E-state index contributed by atoms with van der Waals surface area (Å²) in [4.78, 5) is 15.8. The van der Waals surface area contributed by atoms with Crippen LogP contribution in [0.1, 0.15) is 37.8 Å². The third-order valence-electron chi connectivity index (χ3n) is 6.96. The van der Waals surface area contributed by atoms with Crippen LogP contribution in [0.2, 0.25) is 5.02 Å². The summed E-state index contributed by atoms with van der Waals surface area (Å²) >= 11 is 5.95. The van der Waals surface area contributed by atoms with Gasteiger partial charge in [0.25, 0.3) is 0 Å². The number of anilines is 2. The molecule has 1 aliphatic heterocycles. The second-order valence-corrected chi connectivity index (χ2v) is 10.4. The Morgan fingerprint density at radius 1 is 1.10 bits per heavy atom. The molecule has 3 N–H and O–H groups in total. The van der Waals surface area contributed by atoms with Crippen LogP contribution in [-0.4, -0.2) is 22.7 Å². The van der Waals surface area contributed by atoms with Gasteiger partial charge in [0.15, 0.2) is 0 Å². The lowest BCUT2D eigenvalue weighted by molar-refractivity contribution is -0.137. The molecule has 3 aromatic carbocycles. The minimum Gasteiger partial charge on any atom is -0.443 e. The summed E-state index contributed by atoms with van der Waals surface area (Å²) in [6, 6.07) is 10.7. The topological polar surface area (TPSA) is 66.1 Å². The van der Waals surface area contributed by atoms with Crippen molar-refractivity contribution >= 4 is 40.0 Å². The molecule has 0 bridgehead atoms. The van der Waals surface area contributed by atoms with Gasteiger partial charge in [-0.1, -0.05) is 36.7 Å². The van der Waals surface area contributed by atoms with Crippen molar-refractivity contribution in [3.8, 4) is 11.1 Å². The van der Waals surface area contributed by atoms with E-state index < -0.39 is 47.0 Å². The summed E-state index contributed by atoms with van der Waals surface area (Å²) in [5, 5.41) is 5.88. The first-order chi connectivity index (χ1) is 18.3. The van der Waals surface area contributed by atoms with Gasteiger partial charge < -0.3 is 15.0 Å². The number of ether oxygens (including phenoxy) is 1. The molecule has 0 saturated heterocycles. The number of hydrogen-bond donors (Lipinski definition) is 3. The predicted octanol–water partition coefficient (Wildman–Crippen LogP) is 8.71. The van der Waals surface area contributed by atoms with Crippen molar-refractivity contribution in [3.63, 3.8) is 0 Å². The van der Waals surface area contributed by atoms with Crippen LogP contribution in [0, 0.1) is 11.6 Å². The fraction of sp³-hybridized carbons (Fsp3) is 0.250. The number of nitrogens with one attached hydrogen (secondary N) is 3. The first kappa shape index (κ1) is 26.8. The fourth-order valence-corrected chi connectivity index (χ4v) is 5.44. The molecule has 1 aliphatic rings. The Kier molecular flexibility index (Phi) is 6.49. The summed E-state index contributed by atoms with van der Waals surface area (Å²) in [6.45, 7) is 5.07. The molecule has 0 spiro atoms. The second kappa shape index (κ2) is 9.44. The van der Waals surface area contributed by atoms with E-state index in [1.165, 1.54) is 6.07 Å². The van der Waals surface area contributed by atoms with Crippen LogP contribution in [0.4, 0.5) is 38.1 Å². The highest BCUT2D eigenvalue weighted by atomic mass is 35.5. The maximum atomic E-state index is 16.1. The summed E-state index contributed by atoms with van der Waals surface area (Å²) < 4.78 is 76.0. The highest BCUT2D eigenvalue weighted by molar-refractivity contribution is 6.33. The van der Waals surface area contributed by atoms with E-state index in [0.717, 1.165) is 17.5 Å². The number of alkyl halides is 3. The molecule has 1 aromatic heterocycles. The van der Waals surface area contributed by atoms with Crippen molar-refractivity contribution in [3.05, 3.63) is 82.5 Å². The number of halogens is 6. The quantitative estimate of drug-likeness (QED) is 0.218. The van der Waals surface area contributed by atoms with E-state index in [1.54, 1.807) is 45.2 Å². The number of carbonyl (C=O) groups excluding carboxylic acids is 1. The fourth-order valence-electron chi connectivity index (χ4n) is 5.21. The lowest BCUT2D eigenvalue weighted by Crippen LogP contribution is -2.52. The van der Waals surface area contributed by atoms with Gasteiger partial charge in [0, 0.05) is 28.9 Å². The molecular formula is C28H23ClF5N3O2. The highest BCUT2D eigenvalue weighted by Crippen LogP contribution is 2.46. The Morgan fingerprint density at radius 2 is 1.85 bits per heavy atom. The van der Waals surface area contributed by atoms with Crippen LogP contribution in [-0.2, 0) is 10.9 Å². The van der Waals surface area contributed by atoms with Crippen molar-refractivity contribution in [1.29, 1.82) is 0 Å². The van der Waals surface area contributed by atoms with E-state index in [1.807, 2.05) is 6.07 Å². The molecule has 0 aliphatic carbocycles. The van der Waals surface area contributed by atoms with E-state index in [2.05, 4.69) is 15.6 Å². The Balaban J connectivity index is 1.47. The number of para-hydroxylation sites is 1. The Morgan fingerprint density at radius 3 is 2.54 bits per heavy atom. The van der Waals surface area contributed by atoms with Crippen LogP contribution in [0.15, 0.2) is 54.7 Å². The molecule has 2 heterocycles. The minimum absolute atomic E-state index is 0.0844. The highest BCUT2D eigenvalue weighted by Gasteiger charge is 2.45. The van der Waals surface area contributed by atoms with Crippen LogP contribution in [0.5, 0.6) is 0 Å². The van der Waals surface area contributed by atoms with Gasteiger partial charge in [-0.25, -0.2) is 13.6 Å².